The van der Waals surface area contributed by atoms with E-state index in [0.717, 1.165) is 28.2 Å². The Labute approximate surface area is 381 Å². The van der Waals surface area contributed by atoms with Crippen molar-refractivity contribution in [3.63, 3.8) is 0 Å². The molecule has 0 atom stereocenters. The Morgan fingerprint density at radius 3 is 1.09 bits per heavy atom. The molecule has 11 aromatic carbocycles. The van der Waals surface area contributed by atoms with Crippen LogP contribution in [0.3, 0.4) is 0 Å². The Bertz CT molecular complexity index is 3290. The number of benzene rings is 11. The summed E-state index contributed by atoms with van der Waals surface area (Å²) in [7, 11) is 0. The molecule has 0 spiro atoms. The average molecular weight is 828 g/mol. The molecule has 0 N–H and O–H groups in total. The van der Waals surface area contributed by atoms with Crippen LogP contribution in [-0.2, 0) is 0 Å². The van der Waals surface area contributed by atoms with Gasteiger partial charge in [0.15, 0.2) is 0 Å². The summed E-state index contributed by atoms with van der Waals surface area (Å²) in [6, 6.07) is 98.8. The lowest BCUT2D eigenvalue weighted by atomic mass is 9.84. The van der Waals surface area contributed by atoms with Crippen LogP contribution in [0.1, 0.15) is 0 Å². The predicted octanol–water partition coefficient (Wildman–Crippen LogP) is 18.0. The van der Waals surface area contributed by atoms with Crippen molar-refractivity contribution in [3.05, 3.63) is 273 Å². The first-order chi connectivity index (χ1) is 32.2. The van der Waals surface area contributed by atoms with Crippen molar-refractivity contribution in [1.82, 2.24) is 0 Å². The lowest BCUT2D eigenvalue weighted by Gasteiger charge is -2.26. The van der Waals surface area contributed by atoms with Crippen LogP contribution in [0.15, 0.2) is 273 Å². The third-order valence-corrected chi connectivity index (χ3v) is 12.5. The molecular weight excluding hydrogens is 783 g/mol. The second-order valence-corrected chi connectivity index (χ2v) is 16.5. The van der Waals surface area contributed by atoms with Crippen molar-refractivity contribution in [3.8, 4) is 77.9 Å². The van der Waals surface area contributed by atoms with Gasteiger partial charge in [-0.1, -0.05) is 218 Å². The van der Waals surface area contributed by atoms with Crippen LogP contribution in [0.2, 0.25) is 0 Å². The Hall–Kier alpha value is -8.52. The number of anilines is 3. The Balaban J connectivity index is 0.994. The largest absolute Gasteiger partial charge is 0.311 e. The standard InChI is InChI=1S/C64H45N/c1-5-17-46(18-6-1)48-31-37-57(38-32-48)65(59-41-35-53(36-42-59)61-30-16-26-50-25-13-14-29-60(50)61)58-39-33-49(34-40-58)54-27-15-28-55(43-54)64-62(51-21-9-3-10-22-51)44-56(47-19-7-2-8-20-47)45-63(64)52-23-11-4-12-24-52/h1-45H. The quantitative estimate of drug-likeness (QED) is 0.133. The first-order valence-corrected chi connectivity index (χ1v) is 22.3. The molecule has 0 aliphatic heterocycles. The molecule has 65 heavy (non-hydrogen) atoms. The Morgan fingerprint density at radius 1 is 0.200 bits per heavy atom. The smallest absolute Gasteiger partial charge is 0.0462 e. The molecule has 0 bridgehead atoms. The molecule has 306 valence electrons. The molecule has 0 aliphatic rings. The lowest BCUT2D eigenvalue weighted by Crippen LogP contribution is -2.09. The average Bonchev–Trinajstić information content (AvgIpc) is 3.40. The highest BCUT2D eigenvalue weighted by molar-refractivity contribution is 5.99. The number of hydrogen-bond donors (Lipinski definition) is 0. The zero-order valence-corrected chi connectivity index (χ0v) is 35.9. The molecule has 1 heteroatoms. The SMILES string of the molecule is c1ccc(-c2ccc(N(c3ccc(-c4cccc(-c5c(-c6ccccc6)cc(-c6ccccc6)cc5-c5ccccc5)c4)cc3)c3ccc(-c4cccc5ccccc45)cc3)cc2)cc1. The topological polar surface area (TPSA) is 3.24 Å². The molecule has 11 aromatic rings. The van der Waals surface area contributed by atoms with Gasteiger partial charge in [-0.25, -0.2) is 0 Å². The van der Waals surface area contributed by atoms with Crippen molar-refractivity contribution >= 4 is 27.8 Å². The minimum absolute atomic E-state index is 1.09. The zero-order chi connectivity index (χ0) is 43.4. The van der Waals surface area contributed by atoms with Gasteiger partial charge in [-0.15, -0.1) is 0 Å². The van der Waals surface area contributed by atoms with Gasteiger partial charge in [-0.3, -0.25) is 0 Å². The lowest BCUT2D eigenvalue weighted by molar-refractivity contribution is 1.28. The summed E-state index contributed by atoms with van der Waals surface area (Å²) in [6.45, 7) is 0. The minimum Gasteiger partial charge on any atom is -0.311 e. The van der Waals surface area contributed by atoms with Gasteiger partial charge in [-0.05, 0) is 143 Å². The molecule has 0 heterocycles. The van der Waals surface area contributed by atoms with Crippen LogP contribution in [-0.4, -0.2) is 0 Å². The van der Waals surface area contributed by atoms with Crippen molar-refractivity contribution in [2.24, 2.45) is 0 Å². The zero-order valence-electron chi connectivity index (χ0n) is 35.9. The minimum atomic E-state index is 1.09. The Morgan fingerprint density at radius 2 is 0.554 bits per heavy atom. The van der Waals surface area contributed by atoms with Crippen LogP contribution >= 0.6 is 0 Å². The summed E-state index contributed by atoms with van der Waals surface area (Å²) in [5.74, 6) is 0. The van der Waals surface area contributed by atoms with E-state index in [-0.39, 0.29) is 0 Å². The first kappa shape index (κ1) is 39.3. The fourth-order valence-electron chi connectivity index (χ4n) is 9.25. The van der Waals surface area contributed by atoms with Crippen LogP contribution in [0.5, 0.6) is 0 Å². The van der Waals surface area contributed by atoms with Crippen molar-refractivity contribution in [1.29, 1.82) is 0 Å². The van der Waals surface area contributed by atoms with E-state index in [4.69, 9.17) is 0 Å². The van der Waals surface area contributed by atoms with E-state index in [1.807, 2.05) is 0 Å². The summed E-state index contributed by atoms with van der Waals surface area (Å²) in [6.07, 6.45) is 0. The molecular formula is C64H45N. The first-order valence-electron chi connectivity index (χ1n) is 22.3. The number of nitrogens with zero attached hydrogens (tertiary/aromatic N) is 1. The molecule has 0 aromatic heterocycles. The highest BCUT2D eigenvalue weighted by Crippen LogP contribution is 2.45. The second kappa shape index (κ2) is 17.7. The third kappa shape index (κ3) is 8.04. The summed E-state index contributed by atoms with van der Waals surface area (Å²) < 4.78 is 0. The van der Waals surface area contributed by atoms with Crippen LogP contribution in [0.4, 0.5) is 17.1 Å². The molecule has 0 saturated carbocycles. The summed E-state index contributed by atoms with van der Waals surface area (Å²) >= 11 is 0. The monoisotopic (exact) mass is 827 g/mol. The van der Waals surface area contributed by atoms with Gasteiger partial charge in [-0.2, -0.15) is 0 Å². The summed E-state index contributed by atoms with van der Waals surface area (Å²) in [5.41, 5.74) is 20.0. The molecule has 0 aliphatic carbocycles. The summed E-state index contributed by atoms with van der Waals surface area (Å²) in [4.78, 5) is 2.36. The molecule has 11 rings (SSSR count). The van der Waals surface area contributed by atoms with Gasteiger partial charge in [0, 0.05) is 17.1 Å². The molecule has 0 radical (unpaired) electrons. The number of rotatable bonds is 10. The van der Waals surface area contributed by atoms with E-state index in [2.05, 4.69) is 278 Å². The number of hydrogen-bond acceptors (Lipinski definition) is 1. The summed E-state index contributed by atoms with van der Waals surface area (Å²) in [5, 5.41) is 2.50. The molecule has 0 unspecified atom stereocenters. The second-order valence-electron chi connectivity index (χ2n) is 16.5. The maximum absolute atomic E-state index is 2.36. The third-order valence-electron chi connectivity index (χ3n) is 12.5. The fraction of sp³-hybridized carbons (Fsp3) is 0. The molecule has 0 saturated heterocycles. The van der Waals surface area contributed by atoms with Gasteiger partial charge in [0.2, 0.25) is 0 Å². The van der Waals surface area contributed by atoms with Crippen LogP contribution in [0, 0.1) is 0 Å². The van der Waals surface area contributed by atoms with Gasteiger partial charge in [0.25, 0.3) is 0 Å². The normalized spacial score (nSPS) is 11.1. The Kier molecular flexibility index (Phi) is 10.7. The van der Waals surface area contributed by atoms with E-state index in [1.54, 1.807) is 0 Å². The van der Waals surface area contributed by atoms with Crippen molar-refractivity contribution in [2.45, 2.75) is 0 Å². The number of fused-ring (bicyclic) bond motifs is 1. The fourth-order valence-corrected chi connectivity index (χ4v) is 9.25. The van der Waals surface area contributed by atoms with Crippen LogP contribution in [0.25, 0.3) is 88.7 Å². The van der Waals surface area contributed by atoms with Gasteiger partial charge < -0.3 is 4.90 Å². The predicted molar refractivity (Wildman–Crippen MR) is 277 cm³/mol. The van der Waals surface area contributed by atoms with Gasteiger partial charge in [0.05, 0.1) is 0 Å². The maximum Gasteiger partial charge on any atom is 0.0462 e. The van der Waals surface area contributed by atoms with Crippen LogP contribution < -0.4 is 4.90 Å². The molecule has 0 fully saturated rings. The highest BCUT2D eigenvalue weighted by Gasteiger charge is 2.19. The van der Waals surface area contributed by atoms with E-state index in [9.17, 15) is 0 Å². The van der Waals surface area contributed by atoms with Crippen molar-refractivity contribution < 1.29 is 0 Å². The van der Waals surface area contributed by atoms with E-state index in [1.165, 1.54) is 77.5 Å². The van der Waals surface area contributed by atoms with E-state index in [0.29, 0.717) is 0 Å². The van der Waals surface area contributed by atoms with Gasteiger partial charge >= 0.3 is 0 Å². The van der Waals surface area contributed by atoms with E-state index >= 15 is 0 Å². The molecule has 0 amide bonds. The van der Waals surface area contributed by atoms with Gasteiger partial charge in [0.1, 0.15) is 0 Å². The van der Waals surface area contributed by atoms with E-state index < -0.39 is 0 Å². The molecule has 1 nitrogen and oxygen atoms in total. The van der Waals surface area contributed by atoms with Crippen molar-refractivity contribution in [2.75, 3.05) is 4.90 Å². The highest BCUT2D eigenvalue weighted by atomic mass is 15.1. The maximum atomic E-state index is 2.36.